The Kier molecular flexibility index (Phi) is 6.08. The van der Waals surface area contributed by atoms with Gasteiger partial charge in [0, 0.05) is 31.5 Å². The van der Waals surface area contributed by atoms with E-state index in [4.69, 9.17) is 0 Å². The average molecular weight is 252 g/mol. The minimum Gasteiger partial charge on any atom is -0.341 e. The zero-order chi connectivity index (χ0) is 12.7. The molecule has 1 rings (SSSR count). The lowest BCUT2D eigenvalue weighted by molar-refractivity contribution is -0.130. The van der Waals surface area contributed by atoms with Crippen molar-refractivity contribution in [3.8, 4) is 0 Å². The number of amides is 1. The van der Waals surface area contributed by atoms with Crippen molar-refractivity contribution < 1.29 is 4.79 Å². The lowest BCUT2D eigenvalue weighted by atomic mass is 10.2. The first kappa shape index (κ1) is 14.1. The molecule has 0 saturated carbocycles. The number of hydrogen-bond acceptors (Lipinski definition) is 3. The van der Waals surface area contributed by atoms with Crippen LogP contribution in [0.5, 0.6) is 0 Å². The third-order valence-corrected chi connectivity index (χ3v) is 3.34. The van der Waals surface area contributed by atoms with Crippen LogP contribution in [0.25, 0.3) is 0 Å². The summed E-state index contributed by atoms with van der Waals surface area (Å²) in [7, 11) is 3.70. The van der Waals surface area contributed by atoms with Crippen LogP contribution in [-0.4, -0.2) is 37.7 Å². The van der Waals surface area contributed by atoms with E-state index in [-0.39, 0.29) is 5.91 Å². The Labute approximate surface area is 108 Å². The Bertz CT molecular complexity index is 351. The van der Waals surface area contributed by atoms with Gasteiger partial charge in [0.05, 0.1) is 0 Å². The molecule has 17 heavy (non-hydrogen) atoms. The van der Waals surface area contributed by atoms with Gasteiger partial charge in [-0.1, -0.05) is 12.1 Å². The van der Waals surface area contributed by atoms with Crippen molar-refractivity contribution in [1.82, 2.24) is 10.2 Å². The first-order chi connectivity index (χ1) is 8.17. The normalized spacial score (nSPS) is 10.3. The number of nitrogens with one attached hydrogen (secondary N) is 1. The summed E-state index contributed by atoms with van der Waals surface area (Å²) in [4.78, 5) is 14.7. The molecular weight excluding hydrogens is 232 g/mol. The predicted molar refractivity (Wildman–Crippen MR) is 73.2 cm³/mol. The third kappa shape index (κ3) is 4.79. The van der Waals surface area contributed by atoms with Gasteiger partial charge in [-0.25, -0.2) is 0 Å². The molecule has 0 atom stereocenters. The number of rotatable bonds is 6. The maximum atomic E-state index is 11.7. The molecule has 0 spiro atoms. The van der Waals surface area contributed by atoms with Crippen LogP contribution in [0.2, 0.25) is 0 Å². The van der Waals surface area contributed by atoms with Crippen molar-refractivity contribution in [3.63, 3.8) is 0 Å². The fourth-order valence-electron chi connectivity index (χ4n) is 1.52. The summed E-state index contributed by atoms with van der Waals surface area (Å²) in [6.07, 6.45) is 2.61. The van der Waals surface area contributed by atoms with E-state index in [1.165, 1.54) is 10.5 Å². The van der Waals surface area contributed by atoms with Gasteiger partial charge in [0.2, 0.25) is 5.91 Å². The standard InChI is InChI=1S/C13H20N2OS/c1-14-9-8-13(16)15(2)10-11-4-6-12(17-3)7-5-11/h4-7,14H,8-10H2,1-3H3. The van der Waals surface area contributed by atoms with Crippen LogP contribution in [0.15, 0.2) is 29.2 Å². The molecule has 0 aromatic heterocycles. The number of carbonyl (C=O) groups excluding carboxylic acids is 1. The van der Waals surface area contributed by atoms with E-state index >= 15 is 0 Å². The van der Waals surface area contributed by atoms with E-state index in [1.807, 2.05) is 14.1 Å². The second-order valence-electron chi connectivity index (χ2n) is 3.95. The number of benzene rings is 1. The number of nitrogens with zero attached hydrogens (tertiary/aromatic N) is 1. The van der Waals surface area contributed by atoms with E-state index < -0.39 is 0 Å². The van der Waals surface area contributed by atoms with Crippen LogP contribution < -0.4 is 5.32 Å². The molecule has 0 saturated heterocycles. The van der Waals surface area contributed by atoms with E-state index in [2.05, 4.69) is 35.8 Å². The van der Waals surface area contributed by atoms with Gasteiger partial charge in [0.15, 0.2) is 0 Å². The molecule has 0 unspecified atom stereocenters. The highest BCUT2D eigenvalue weighted by molar-refractivity contribution is 7.98. The summed E-state index contributed by atoms with van der Waals surface area (Å²) in [5.74, 6) is 0.174. The molecular formula is C13H20N2OS. The highest BCUT2D eigenvalue weighted by Crippen LogP contribution is 2.15. The molecule has 0 radical (unpaired) electrons. The summed E-state index contributed by atoms with van der Waals surface area (Å²) < 4.78 is 0. The number of thioether (sulfide) groups is 1. The van der Waals surface area contributed by atoms with Gasteiger partial charge in [-0.05, 0) is 31.0 Å². The predicted octanol–water partition coefficient (Wildman–Crippen LogP) is 1.98. The molecule has 0 aliphatic heterocycles. The van der Waals surface area contributed by atoms with Crippen LogP contribution in [0.1, 0.15) is 12.0 Å². The monoisotopic (exact) mass is 252 g/mol. The van der Waals surface area contributed by atoms with Crippen LogP contribution in [-0.2, 0) is 11.3 Å². The van der Waals surface area contributed by atoms with Crippen molar-refractivity contribution in [2.75, 3.05) is 26.9 Å². The van der Waals surface area contributed by atoms with Crippen molar-refractivity contribution in [2.24, 2.45) is 0 Å². The Morgan fingerprint density at radius 3 is 2.53 bits per heavy atom. The molecule has 1 amide bonds. The van der Waals surface area contributed by atoms with E-state index in [0.29, 0.717) is 13.0 Å². The SMILES string of the molecule is CNCCC(=O)N(C)Cc1ccc(SC)cc1. The molecule has 3 nitrogen and oxygen atoms in total. The lowest BCUT2D eigenvalue weighted by Crippen LogP contribution is -2.28. The molecule has 0 aliphatic carbocycles. The maximum Gasteiger partial charge on any atom is 0.223 e. The Morgan fingerprint density at radius 2 is 2.00 bits per heavy atom. The van der Waals surface area contributed by atoms with Gasteiger partial charge in [0.25, 0.3) is 0 Å². The summed E-state index contributed by atoms with van der Waals surface area (Å²) in [6, 6.07) is 8.33. The second kappa shape index (κ2) is 7.35. The molecule has 94 valence electrons. The zero-order valence-corrected chi connectivity index (χ0v) is 11.5. The first-order valence-electron chi connectivity index (χ1n) is 5.69. The van der Waals surface area contributed by atoms with Crippen LogP contribution in [0.3, 0.4) is 0 Å². The van der Waals surface area contributed by atoms with E-state index in [1.54, 1.807) is 16.7 Å². The van der Waals surface area contributed by atoms with Crippen molar-refractivity contribution in [2.45, 2.75) is 17.9 Å². The summed E-state index contributed by atoms with van der Waals surface area (Å²) in [6.45, 7) is 1.41. The van der Waals surface area contributed by atoms with Gasteiger partial charge in [-0.3, -0.25) is 4.79 Å². The lowest BCUT2D eigenvalue weighted by Gasteiger charge is -2.17. The van der Waals surface area contributed by atoms with E-state index in [9.17, 15) is 4.79 Å². The molecule has 4 heteroatoms. The minimum absolute atomic E-state index is 0.174. The highest BCUT2D eigenvalue weighted by Gasteiger charge is 2.08. The molecule has 0 aliphatic rings. The molecule has 1 aromatic carbocycles. The topological polar surface area (TPSA) is 32.3 Å². The fourth-order valence-corrected chi connectivity index (χ4v) is 1.92. The van der Waals surface area contributed by atoms with Gasteiger partial charge < -0.3 is 10.2 Å². The third-order valence-electron chi connectivity index (χ3n) is 2.59. The van der Waals surface area contributed by atoms with Crippen LogP contribution in [0, 0.1) is 0 Å². The Balaban J connectivity index is 2.49. The molecule has 0 fully saturated rings. The Morgan fingerprint density at radius 1 is 1.35 bits per heavy atom. The van der Waals surface area contributed by atoms with Gasteiger partial charge in [-0.2, -0.15) is 0 Å². The number of carbonyl (C=O) groups is 1. The smallest absolute Gasteiger partial charge is 0.223 e. The second-order valence-corrected chi connectivity index (χ2v) is 4.83. The van der Waals surface area contributed by atoms with Gasteiger partial charge in [0.1, 0.15) is 0 Å². The van der Waals surface area contributed by atoms with Crippen LogP contribution in [0.4, 0.5) is 0 Å². The molecule has 1 N–H and O–H groups in total. The van der Waals surface area contributed by atoms with Gasteiger partial charge >= 0.3 is 0 Å². The summed E-state index contributed by atoms with van der Waals surface area (Å²) in [5, 5.41) is 2.98. The molecule has 1 aromatic rings. The van der Waals surface area contributed by atoms with E-state index in [0.717, 1.165) is 6.54 Å². The van der Waals surface area contributed by atoms with Crippen LogP contribution >= 0.6 is 11.8 Å². The minimum atomic E-state index is 0.174. The molecule has 0 bridgehead atoms. The largest absolute Gasteiger partial charge is 0.341 e. The van der Waals surface area contributed by atoms with Crippen molar-refractivity contribution >= 4 is 17.7 Å². The quantitative estimate of drug-likeness (QED) is 0.786. The van der Waals surface area contributed by atoms with Crippen molar-refractivity contribution in [1.29, 1.82) is 0 Å². The first-order valence-corrected chi connectivity index (χ1v) is 6.91. The van der Waals surface area contributed by atoms with Crippen molar-refractivity contribution in [3.05, 3.63) is 29.8 Å². The molecule has 0 heterocycles. The number of hydrogen-bond donors (Lipinski definition) is 1. The highest BCUT2D eigenvalue weighted by atomic mass is 32.2. The fraction of sp³-hybridized carbons (Fsp3) is 0.462. The maximum absolute atomic E-state index is 11.7. The summed E-state index contributed by atoms with van der Waals surface area (Å²) >= 11 is 1.72. The van der Waals surface area contributed by atoms with Gasteiger partial charge in [-0.15, -0.1) is 11.8 Å². The summed E-state index contributed by atoms with van der Waals surface area (Å²) in [5.41, 5.74) is 1.17. The Hall–Kier alpha value is -1.00. The zero-order valence-electron chi connectivity index (χ0n) is 10.7. The average Bonchev–Trinajstić information content (AvgIpc) is 2.36.